The van der Waals surface area contributed by atoms with Gasteiger partial charge in [0.05, 0.1) is 10.7 Å². The second-order valence-electron chi connectivity index (χ2n) is 6.25. The highest BCUT2D eigenvalue weighted by Gasteiger charge is 2.35. The molecule has 2 aromatic heterocycles. The maximum atomic E-state index is 14.1. The van der Waals surface area contributed by atoms with Crippen LogP contribution < -0.4 is 9.64 Å². The quantitative estimate of drug-likeness (QED) is 0.292. The second-order valence-corrected chi connectivity index (χ2v) is 7.05. The van der Waals surface area contributed by atoms with E-state index in [2.05, 4.69) is 9.97 Å². The summed E-state index contributed by atoms with van der Waals surface area (Å²) in [7, 11) is 1.11. The van der Waals surface area contributed by atoms with E-state index in [1.54, 1.807) is 0 Å². The van der Waals surface area contributed by atoms with Crippen molar-refractivity contribution < 1.29 is 31.5 Å². The zero-order valence-corrected chi connectivity index (χ0v) is 17.3. The molecule has 0 spiro atoms. The van der Waals surface area contributed by atoms with Crippen molar-refractivity contribution in [1.29, 1.82) is 0 Å². The number of aromatic nitrogens is 3. The van der Waals surface area contributed by atoms with Crippen LogP contribution in [-0.2, 0) is 6.18 Å². The molecule has 164 valence electrons. The maximum Gasteiger partial charge on any atom is 0.433 e. The van der Waals surface area contributed by atoms with Crippen LogP contribution in [0.3, 0.4) is 0 Å². The lowest BCUT2D eigenvalue weighted by atomic mass is 10.2. The Balaban J connectivity index is 2.07. The van der Waals surface area contributed by atoms with Gasteiger partial charge in [0.15, 0.2) is 16.3 Å². The number of carbonyl (C=O) groups is 1. The number of carbonyl (C=O) groups excluding carboxylic acids is 1. The molecule has 3 rings (SSSR count). The fraction of sp³-hybridized carbons (Fsp3) is 0.167. The number of nitrogens with one attached hydrogen (secondary N) is 1. The number of amides is 1. The number of rotatable bonds is 3. The van der Waals surface area contributed by atoms with Crippen molar-refractivity contribution in [3.8, 4) is 11.6 Å². The van der Waals surface area contributed by atoms with Crippen molar-refractivity contribution in [2.45, 2.75) is 13.1 Å². The zero-order chi connectivity index (χ0) is 23.1. The summed E-state index contributed by atoms with van der Waals surface area (Å²) >= 11 is 10.7. The topological polar surface area (TPSA) is 63.2 Å². The SMILES string of the molecule is Cc1cc(C(F)(F)F)nc(-n2cc[nH]c2=S)c1OC(=O)N(C)c1cc(Cl)c(F)cc1F. The number of halogens is 6. The van der Waals surface area contributed by atoms with Crippen LogP contribution in [0.1, 0.15) is 11.3 Å². The van der Waals surface area contributed by atoms with Gasteiger partial charge in [-0.15, -0.1) is 0 Å². The molecule has 2 heterocycles. The molecule has 3 aromatic rings. The maximum absolute atomic E-state index is 14.1. The Hall–Kier alpha value is -2.99. The number of imidazole rings is 1. The number of alkyl halides is 3. The van der Waals surface area contributed by atoms with Gasteiger partial charge >= 0.3 is 12.3 Å². The van der Waals surface area contributed by atoms with E-state index < -0.39 is 46.1 Å². The second kappa shape index (κ2) is 8.27. The highest BCUT2D eigenvalue weighted by atomic mass is 35.5. The van der Waals surface area contributed by atoms with Crippen molar-refractivity contribution >= 4 is 35.6 Å². The molecule has 0 atom stereocenters. The molecule has 0 radical (unpaired) electrons. The van der Waals surface area contributed by atoms with Crippen molar-refractivity contribution in [3.05, 3.63) is 63.3 Å². The van der Waals surface area contributed by atoms with Crippen LogP contribution >= 0.6 is 23.8 Å². The fourth-order valence-corrected chi connectivity index (χ4v) is 2.96. The van der Waals surface area contributed by atoms with E-state index in [0.29, 0.717) is 17.0 Å². The molecule has 31 heavy (non-hydrogen) atoms. The number of hydrogen-bond acceptors (Lipinski definition) is 4. The monoisotopic (exact) mass is 478 g/mol. The Morgan fingerprint density at radius 3 is 2.52 bits per heavy atom. The van der Waals surface area contributed by atoms with Crippen LogP contribution in [0.4, 0.5) is 32.4 Å². The predicted octanol–water partition coefficient (Wildman–Crippen LogP) is 5.82. The minimum absolute atomic E-state index is 0.00626. The van der Waals surface area contributed by atoms with Crippen LogP contribution in [0, 0.1) is 23.3 Å². The van der Waals surface area contributed by atoms with Gasteiger partial charge in [-0.3, -0.25) is 9.47 Å². The van der Waals surface area contributed by atoms with Crippen molar-refractivity contribution in [3.63, 3.8) is 0 Å². The molecule has 1 aromatic carbocycles. The lowest BCUT2D eigenvalue weighted by molar-refractivity contribution is -0.141. The Morgan fingerprint density at radius 2 is 1.94 bits per heavy atom. The van der Waals surface area contributed by atoms with Crippen molar-refractivity contribution in [1.82, 2.24) is 14.5 Å². The first-order valence-corrected chi connectivity index (χ1v) is 9.14. The third-order valence-corrected chi connectivity index (χ3v) is 4.73. The summed E-state index contributed by atoms with van der Waals surface area (Å²) in [4.78, 5) is 19.4. The zero-order valence-electron chi connectivity index (χ0n) is 15.7. The van der Waals surface area contributed by atoms with Crippen molar-refractivity contribution in [2.24, 2.45) is 0 Å². The normalized spacial score (nSPS) is 11.5. The number of H-pyrrole nitrogens is 1. The minimum Gasteiger partial charge on any atom is -0.406 e. The van der Waals surface area contributed by atoms with E-state index in [-0.39, 0.29) is 16.1 Å². The van der Waals surface area contributed by atoms with E-state index in [4.69, 9.17) is 28.6 Å². The Labute approximate surface area is 181 Å². The summed E-state index contributed by atoms with van der Waals surface area (Å²) in [5.41, 5.74) is -1.72. The molecule has 6 nitrogen and oxygen atoms in total. The molecule has 0 fully saturated rings. The van der Waals surface area contributed by atoms with Crippen LogP contribution in [0.5, 0.6) is 5.75 Å². The molecular formula is C18H12ClF5N4O2S. The number of hydrogen-bond donors (Lipinski definition) is 1. The highest BCUT2D eigenvalue weighted by Crippen LogP contribution is 2.35. The van der Waals surface area contributed by atoms with Crippen LogP contribution in [-0.4, -0.2) is 27.7 Å². The van der Waals surface area contributed by atoms with E-state index in [0.717, 1.165) is 17.7 Å². The third-order valence-electron chi connectivity index (χ3n) is 4.12. The molecule has 13 heteroatoms. The predicted molar refractivity (Wildman–Crippen MR) is 104 cm³/mol. The van der Waals surface area contributed by atoms with Crippen LogP contribution in [0.15, 0.2) is 30.6 Å². The van der Waals surface area contributed by atoms with E-state index in [1.165, 1.54) is 19.3 Å². The summed E-state index contributed by atoms with van der Waals surface area (Å²) in [6, 6.07) is 2.04. The number of aromatic amines is 1. The molecule has 0 aliphatic heterocycles. The number of aryl methyl sites for hydroxylation is 1. The van der Waals surface area contributed by atoms with Gasteiger partial charge in [0.1, 0.15) is 17.3 Å². The Kier molecular flexibility index (Phi) is 6.05. The number of anilines is 1. The largest absolute Gasteiger partial charge is 0.433 e. The van der Waals surface area contributed by atoms with Gasteiger partial charge in [-0.25, -0.2) is 18.6 Å². The van der Waals surface area contributed by atoms with E-state index in [1.807, 2.05) is 0 Å². The third kappa shape index (κ3) is 4.54. The molecule has 0 saturated carbocycles. The molecule has 0 unspecified atom stereocenters. The van der Waals surface area contributed by atoms with Gasteiger partial charge in [-0.1, -0.05) is 11.6 Å². The van der Waals surface area contributed by atoms with Gasteiger partial charge in [0.25, 0.3) is 0 Å². The van der Waals surface area contributed by atoms with E-state index >= 15 is 0 Å². The summed E-state index contributed by atoms with van der Waals surface area (Å²) in [6.07, 6.45) is -3.31. The number of pyridine rings is 1. The van der Waals surface area contributed by atoms with Gasteiger partial charge < -0.3 is 9.72 Å². The first-order chi connectivity index (χ1) is 14.4. The summed E-state index contributed by atoms with van der Waals surface area (Å²) in [6.45, 7) is 1.27. The fourth-order valence-electron chi connectivity index (χ4n) is 2.59. The van der Waals surface area contributed by atoms with Gasteiger partial charge in [0, 0.05) is 25.5 Å². The van der Waals surface area contributed by atoms with Crippen molar-refractivity contribution in [2.75, 3.05) is 11.9 Å². The minimum atomic E-state index is -4.77. The van der Waals surface area contributed by atoms with Crippen LogP contribution in [0.25, 0.3) is 5.82 Å². The molecule has 1 N–H and O–H groups in total. The summed E-state index contributed by atoms with van der Waals surface area (Å²) < 4.78 is 73.5. The molecule has 0 bridgehead atoms. The number of ether oxygens (including phenoxy) is 1. The number of nitrogens with zero attached hydrogens (tertiary/aromatic N) is 3. The molecular weight excluding hydrogens is 467 g/mol. The number of benzene rings is 1. The first kappa shape index (κ1) is 22.7. The molecule has 0 aliphatic carbocycles. The Bertz CT molecular complexity index is 1220. The lowest BCUT2D eigenvalue weighted by Gasteiger charge is -2.20. The smallest absolute Gasteiger partial charge is 0.406 e. The average molecular weight is 479 g/mol. The standard InChI is InChI=1S/C18H12ClF5N4O2S/c1-8-5-13(18(22,23)24)26-15(28-4-3-25-16(28)31)14(8)30-17(29)27(2)12-6-9(19)10(20)7-11(12)21/h3-7H,1-2H3,(H,25,31). The first-order valence-electron chi connectivity index (χ1n) is 8.35. The molecule has 0 saturated heterocycles. The average Bonchev–Trinajstić information content (AvgIpc) is 3.10. The lowest BCUT2D eigenvalue weighted by Crippen LogP contribution is -2.31. The molecule has 1 amide bonds. The van der Waals surface area contributed by atoms with E-state index in [9.17, 15) is 26.7 Å². The summed E-state index contributed by atoms with van der Waals surface area (Å²) in [5, 5.41) is -0.442. The molecule has 0 aliphatic rings. The van der Waals surface area contributed by atoms with Gasteiger partial charge in [-0.2, -0.15) is 13.2 Å². The van der Waals surface area contributed by atoms with Crippen LogP contribution in [0.2, 0.25) is 5.02 Å². The summed E-state index contributed by atoms with van der Waals surface area (Å²) in [5.74, 6) is -2.87. The van der Waals surface area contributed by atoms with Gasteiger partial charge in [-0.05, 0) is 36.8 Å². The van der Waals surface area contributed by atoms with Gasteiger partial charge in [0.2, 0.25) is 0 Å². The Morgan fingerprint density at radius 1 is 1.26 bits per heavy atom. The highest BCUT2D eigenvalue weighted by molar-refractivity contribution is 7.71.